The van der Waals surface area contributed by atoms with Gasteiger partial charge in [0.1, 0.15) is 5.82 Å². The Bertz CT molecular complexity index is 542. The minimum absolute atomic E-state index is 0.0144. The molecule has 0 amide bonds. The van der Waals surface area contributed by atoms with Crippen molar-refractivity contribution in [3.05, 3.63) is 69.9 Å². The van der Waals surface area contributed by atoms with Gasteiger partial charge in [-0.15, -0.1) is 0 Å². The van der Waals surface area contributed by atoms with Crippen molar-refractivity contribution in [2.75, 3.05) is 0 Å². The molecule has 1 nitrogen and oxygen atoms in total. The Morgan fingerprint density at radius 1 is 1.16 bits per heavy atom. The molecule has 0 aromatic heterocycles. The van der Waals surface area contributed by atoms with Crippen LogP contribution in [0.5, 0.6) is 0 Å². The highest BCUT2D eigenvalue weighted by Gasteiger charge is 2.17. The molecule has 2 aromatic rings. The SMILES string of the molecule is CC(Cc1cc(F)ccc1Br)C(O)c1ccccc1. The Labute approximate surface area is 121 Å². The minimum atomic E-state index is -0.545. The van der Waals surface area contributed by atoms with Crippen LogP contribution in [0.25, 0.3) is 0 Å². The van der Waals surface area contributed by atoms with Gasteiger partial charge >= 0.3 is 0 Å². The summed E-state index contributed by atoms with van der Waals surface area (Å²) < 4.78 is 14.1. The Morgan fingerprint density at radius 2 is 1.84 bits per heavy atom. The number of benzene rings is 2. The van der Waals surface area contributed by atoms with Gasteiger partial charge in [-0.3, -0.25) is 0 Å². The lowest BCUT2D eigenvalue weighted by Crippen LogP contribution is -2.12. The van der Waals surface area contributed by atoms with Crippen LogP contribution in [0.15, 0.2) is 53.0 Å². The summed E-state index contributed by atoms with van der Waals surface area (Å²) in [6.45, 7) is 1.97. The summed E-state index contributed by atoms with van der Waals surface area (Å²) >= 11 is 3.42. The Morgan fingerprint density at radius 3 is 2.53 bits per heavy atom. The van der Waals surface area contributed by atoms with Crippen molar-refractivity contribution < 1.29 is 9.50 Å². The van der Waals surface area contributed by atoms with E-state index in [1.807, 2.05) is 37.3 Å². The summed E-state index contributed by atoms with van der Waals surface area (Å²) in [5.41, 5.74) is 1.77. The molecule has 0 aliphatic heterocycles. The highest BCUT2D eigenvalue weighted by molar-refractivity contribution is 9.10. The molecule has 2 atom stereocenters. The van der Waals surface area contributed by atoms with Gasteiger partial charge in [-0.05, 0) is 41.7 Å². The number of aliphatic hydroxyl groups is 1. The van der Waals surface area contributed by atoms with Gasteiger partial charge in [-0.1, -0.05) is 53.2 Å². The summed E-state index contributed by atoms with van der Waals surface area (Å²) in [4.78, 5) is 0. The van der Waals surface area contributed by atoms with E-state index in [9.17, 15) is 9.50 Å². The Kier molecular flexibility index (Phi) is 4.72. The van der Waals surface area contributed by atoms with Gasteiger partial charge in [-0.2, -0.15) is 0 Å². The minimum Gasteiger partial charge on any atom is -0.388 e. The van der Waals surface area contributed by atoms with Crippen LogP contribution in [0.2, 0.25) is 0 Å². The first-order valence-electron chi connectivity index (χ1n) is 6.25. The summed E-state index contributed by atoms with van der Waals surface area (Å²) in [7, 11) is 0. The second-order valence-electron chi connectivity index (χ2n) is 4.77. The van der Waals surface area contributed by atoms with Gasteiger partial charge in [0.05, 0.1) is 6.10 Å². The first-order chi connectivity index (χ1) is 9.08. The lowest BCUT2D eigenvalue weighted by Gasteiger charge is -2.20. The lowest BCUT2D eigenvalue weighted by atomic mass is 9.91. The monoisotopic (exact) mass is 322 g/mol. The predicted octanol–water partition coefficient (Wildman–Crippen LogP) is 4.50. The second-order valence-corrected chi connectivity index (χ2v) is 5.63. The van der Waals surface area contributed by atoms with E-state index in [1.165, 1.54) is 12.1 Å². The fourth-order valence-electron chi connectivity index (χ4n) is 2.14. The van der Waals surface area contributed by atoms with Gasteiger partial charge in [0.2, 0.25) is 0 Å². The lowest BCUT2D eigenvalue weighted by molar-refractivity contribution is 0.117. The molecule has 2 rings (SSSR count). The number of rotatable bonds is 4. The van der Waals surface area contributed by atoms with E-state index < -0.39 is 6.10 Å². The van der Waals surface area contributed by atoms with Gasteiger partial charge in [0.25, 0.3) is 0 Å². The molecule has 1 N–H and O–H groups in total. The maximum Gasteiger partial charge on any atom is 0.123 e. The number of halogens is 2. The average Bonchev–Trinajstić information content (AvgIpc) is 2.43. The summed E-state index contributed by atoms with van der Waals surface area (Å²) in [5, 5.41) is 10.3. The standard InChI is InChI=1S/C16H16BrFO/c1-11(16(19)12-5-3-2-4-6-12)9-13-10-14(18)7-8-15(13)17/h2-8,10-11,16,19H,9H2,1H3. The van der Waals surface area contributed by atoms with Crippen LogP contribution in [0.1, 0.15) is 24.2 Å². The fraction of sp³-hybridized carbons (Fsp3) is 0.250. The fourth-order valence-corrected chi connectivity index (χ4v) is 2.55. The zero-order valence-electron chi connectivity index (χ0n) is 10.7. The third kappa shape index (κ3) is 3.64. The van der Waals surface area contributed by atoms with Crippen molar-refractivity contribution in [2.24, 2.45) is 5.92 Å². The van der Waals surface area contributed by atoms with Crippen LogP contribution in [0, 0.1) is 11.7 Å². The zero-order valence-corrected chi connectivity index (χ0v) is 12.3. The molecular formula is C16H16BrFO. The van der Waals surface area contributed by atoms with E-state index in [1.54, 1.807) is 6.07 Å². The van der Waals surface area contributed by atoms with Crippen molar-refractivity contribution >= 4 is 15.9 Å². The second kappa shape index (κ2) is 6.31. The predicted molar refractivity (Wildman–Crippen MR) is 78.4 cm³/mol. The molecule has 2 unspecified atom stereocenters. The van der Waals surface area contributed by atoms with Crippen molar-refractivity contribution in [1.82, 2.24) is 0 Å². The molecule has 0 aliphatic carbocycles. The molecule has 2 aromatic carbocycles. The van der Waals surface area contributed by atoms with E-state index in [2.05, 4.69) is 15.9 Å². The van der Waals surface area contributed by atoms with Gasteiger partial charge in [-0.25, -0.2) is 4.39 Å². The molecule has 100 valence electrons. The smallest absolute Gasteiger partial charge is 0.123 e. The van der Waals surface area contributed by atoms with Crippen LogP contribution in [-0.2, 0) is 6.42 Å². The molecule has 3 heteroatoms. The molecular weight excluding hydrogens is 307 g/mol. The van der Waals surface area contributed by atoms with Gasteiger partial charge in [0.15, 0.2) is 0 Å². The van der Waals surface area contributed by atoms with Crippen molar-refractivity contribution in [1.29, 1.82) is 0 Å². The molecule has 0 saturated carbocycles. The van der Waals surface area contributed by atoms with Crippen molar-refractivity contribution in [2.45, 2.75) is 19.4 Å². The van der Waals surface area contributed by atoms with E-state index >= 15 is 0 Å². The van der Waals surface area contributed by atoms with Gasteiger partial charge < -0.3 is 5.11 Å². The molecule has 0 heterocycles. The largest absolute Gasteiger partial charge is 0.388 e. The highest BCUT2D eigenvalue weighted by atomic mass is 79.9. The molecule has 0 saturated heterocycles. The highest BCUT2D eigenvalue weighted by Crippen LogP contribution is 2.28. The van der Waals surface area contributed by atoms with Crippen molar-refractivity contribution in [3.63, 3.8) is 0 Å². The number of hydrogen-bond acceptors (Lipinski definition) is 1. The van der Waals surface area contributed by atoms with E-state index in [-0.39, 0.29) is 11.7 Å². The summed E-state index contributed by atoms with van der Waals surface area (Å²) in [6, 6.07) is 14.2. The number of hydrogen-bond donors (Lipinski definition) is 1. The van der Waals surface area contributed by atoms with Crippen LogP contribution in [0.3, 0.4) is 0 Å². The maximum absolute atomic E-state index is 13.2. The Hall–Kier alpha value is -1.19. The zero-order chi connectivity index (χ0) is 13.8. The van der Waals surface area contributed by atoms with Crippen LogP contribution in [0.4, 0.5) is 4.39 Å². The van der Waals surface area contributed by atoms with Crippen LogP contribution >= 0.6 is 15.9 Å². The van der Waals surface area contributed by atoms with E-state index in [4.69, 9.17) is 0 Å². The molecule has 19 heavy (non-hydrogen) atoms. The molecule has 0 fully saturated rings. The molecule has 0 radical (unpaired) electrons. The Balaban J connectivity index is 2.12. The van der Waals surface area contributed by atoms with Crippen molar-refractivity contribution in [3.8, 4) is 0 Å². The van der Waals surface area contributed by atoms with Crippen LogP contribution < -0.4 is 0 Å². The molecule has 0 aliphatic rings. The third-order valence-electron chi connectivity index (χ3n) is 3.23. The first kappa shape index (κ1) is 14.2. The first-order valence-corrected chi connectivity index (χ1v) is 7.04. The summed E-state index contributed by atoms with van der Waals surface area (Å²) in [6.07, 6.45) is 0.0744. The van der Waals surface area contributed by atoms with Crippen LogP contribution in [-0.4, -0.2) is 5.11 Å². The maximum atomic E-state index is 13.2. The third-order valence-corrected chi connectivity index (χ3v) is 4.00. The number of aliphatic hydroxyl groups excluding tert-OH is 1. The molecule has 0 spiro atoms. The average molecular weight is 323 g/mol. The van der Waals surface area contributed by atoms with E-state index in [0.717, 1.165) is 15.6 Å². The molecule has 0 bridgehead atoms. The quantitative estimate of drug-likeness (QED) is 0.878. The van der Waals surface area contributed by atoms with E-state index in [0.29, 0.717) is 6.42 Å². The topological polar surface area (TPSA) is 20.2 Å². The van der Waals surface area contributed by atoms with Gasteiger partial charge in [0, 0.05) is 4.47 Å². The summed E-state index contributed by atoms with van der Waals surface area (Å²) in [5.74, 6) is -0.236. The normalized spacial score (nSPS) is 14.1.